The molecule has 1 saturated carbocycles. The molecule has 1 fully saturated rings. The predicted molar refractivity (Wildman–Crippen MR) is 106 cm³/mol. The van der Waals surface area contributed by atoms with Crippen LogP contribution in [0.15, 0.2) is 48.5 Å². The summed E-state index contributed by atoms with van der Waals surface area (Å²) in [5, 5.41) is 10.8. The fourth-order valence-corrected chi connectivity index (χ4v) is 4.49. The third kappa shape index (κ3) is 3.45. The van der Waals surface area contributed by atoms with Gasteiger partial charge >= 0.3 is 0 Å². The van der Waals surface area contributed by atoms with Gasteiger partial charge in [-0.05, 0) is 68.1 Å². The lowest BCUT2D eigenvalue weighted by Crippen LogP contribution is -2.52. The van der Waals surface area contributed by atoms with Crippen molar-refractivity contribution >= 4 is 5.91 Å². The van der Waals surface area contributed by atoms with Gasteiger partial charge < -0.3 is 14.9 Å². The zero-order valence-electron chi connectivity index (χ0n) is 16.4. The van der Waals surface area contributed by atoms with E-state index in [1.54, 1.807) is 17.0 Å². The lowest BCUT2D eigenvalue weighted by atomic mass is 9.75. The summed E-state index contributed by atoms with van der Waals surface area (Å²) in [5.74, 6) is -0.507. The van der Waals surface area contributed by atoms with E-state index >= 15 is 0 Å². The van der Waals surface area contributed by atoms with E-state index in [1.807, 2.05) is 32.3 Å². The van der Waals surface area contributed by atoms with Crippen LogP contribution in [0.2, 0.25) is 0 Å². The summed E-state index contributed by atoms with van der Waals surface area (Å²) in [7, 11) is 4.06. The highest BCUT2D eigenvalue weighted by Crippen LogP contribution is 2.38. The maximum atomic E-state index is 13.5. The minimum absolute atomic E-state index is 0.00550. The minimum atomic E-state index is -0.982. The van der Waals surface area contributed by atoms with Crippen LogP contribution in [-0.4, -0.2) is 53.6 Å². The molecule has 2 aromatic carbocycles. The maximum absolute atomic E-state index is 13.5. The average Bonchev–Trinajstić information content (AvgIpc) is 2.65. The quantitative estimate of drug-likeness (QED) is 0.884. The Morgan fingerprint density at radius 1 is 1.14 bits per heavy atom. The molecule has 28 heavy (non-hydrogen) atoms. The molecule has 1 N–H and O–H groups in total. The number of carbonyl (C=O) groups is 1. The van der Waals surface area contributed by atoms with Crippen LogP contribution < -0.4 is 0 Å². The summed E-state index contributed by atoms with van der Waals surface area (Å²) >= 11 is 0. The molecule has 5 heteroatoms. The van der Waals surface area contributed by atoms with Gasteiger partial charge in [-0.1, -0.05) is 36.4 Å². The van der Waals surface area contributed by atoms with Crippen LogP contribution in [0.3, 0.4) is 0 Å². The van der Waals surface area contributed by atoms with Crippen molar-refractivity contribution in [1.82, 2.24) is 9.80 Å². The zero-order valence-corrected chi connectivity index (χ0v) is 16.4. The first-order valence-electron chi connectivity index (χ1n) is 9.94. The molecule has 2 aromatic rings. The van der Waals surface area contributed by atoms with Crippen molar-refractivity contribution in [2.75, 3.05) is 20.6 Å². The number of rotatable bonds is 4. The maximum Gasteiger partial charge on any atom is 0.252 e. The van der Waals surface area contributed by atoms with Gasteiger partial charge in [0.05, 0.1) is 6.04 Å². The molecule has 2 atom stereocenters. The number of hydrogen-bond acceptors (Lipinski definition) is 3. The van der Waals surface area contributed by atoms with Gasteiger partial charge in [-0.15, -0.1) is 0 Å². The Labute approximate surface area is 165 Å². The van der Waals surface area contributed by atoms with Gasteiger partial charge in [0.2, 0.25) is 0 Å². The lowest BCUT2D eigenvalue weighted by molar-refractivity contribution is -0.148. The number of carbonyl (C=O) groups excluding carboxylic acids is 1. The first-order valence-corrected chi connectivity index (χ1v) is 9.94. The minimum Gasteiger partial charge on any atom is -0.383 e. The summed E-state index contributed by atoms with van der Waals surface area (Å²) in [5.41, 5.74) is 3.13. The van der Waals surface area contributed by atoms with Crippen molar-refractivity contribution in [3.63, 3.8) is 0 Å². The summed E-state index contributed by atoms with van der Waals surface area (Å²) in [6.07, 6.45) is 1.46. The van der Waals surface area contributed by atoms with Gasteiger partial charge in [0, 0.05) is 12.6 Å². The lowest BCUT2D eigenvalue weighted by Gasteiger charge is -2.44. The molecule has 1 aliphatic carbocycles. The van der Waals surface area contributed by atoms with Gasteiger partial charge in [0.1, 0.15) is 11.9 Å². The number of benzene rings is 2. The van der Waals surface area contributed by atoms with Crippen LogP contribution in [0.4, 0.5) is 4.39 Å². The van der Waals surface area contributed by atoms with Crippen molar-refractivity contribution in [2.24, 2.45) is 5.92 Å². The molecule has 0 aromatic heterocycles. The second kappa shape index (κ2) is 7.64. The van der Waals surface area contributed by atoms with E-state index in [9.17, 15) is 14.3 Å². The molecule has 1 heterocycles. The van der Waals surface area contributed by atoms with Crippen molar-refractivity contribution < 1.29 is 14.3 Å². The molecule has 0 radical (unpaired) electrons. The largest absolute Gasteiger partial charge is 0.383 e. The Bertz CT molecular complexity index is 846. The molecule has 0 unspecified atom stereocenters. The molecule has 0 saturated heterocycles. The van der Waals surface area contributed by atoms with Gasteiger partial charge in [-0.3, -0.25) is 4.79 Å². The Balaban J connectivity index is 1.61. The third-order valence-electron chi connectivity index (χ3n) is 6.33. The van der Waals surface area contributed by atoms with Crippen LogP contribution >= 0.6 is 0 Å². The number of halogens is 1. The molecular formula is C23H27FN2O2. The Morgan fingerprint density at radius 3 is 2.50 bits per heavy atom. The molecule has 4 nitrogen and oxygen atoms in total. The Hall–Kier alpha value is -2.24. The van der Waals surface area contributed by atoms with Crippen LogP contribution in [0, 0.1) is 11.7 Å². The zero-order chi connectivity index (χ0) is 19.8. The monoisotopic (exact) mass is 382 g/mol. The van der Waals surface area contributed by atoms with E-state index in [-0.39, 0.29) is 23.7 Å². The number of hydrogen-bond donors (Lipinski definition) is 1. The number of fused-ring (bicyclic) bond motifs is 1. The van der Waals surface area contributed by atoms with Crippen LogP contribution in [-0.2, 0) is 11.2 Å². The van der Waals surface area contributed by atoms with Crippen molar-refractivity contribution in [3.05, 3.63) is 71.0 Å². The van der Waals surface area contributed by atoms with Gasteiger partial charge in [-0.2, -0.15) is 0 Å². The number of amides is 1. The summed E-state index contributed by atoms with van der Waals surface area (Å²) in [6.45, 7) is 0.554. The highest BCUT2D eigenvalue weighted by Gasteiger charge is 2.42. The van der Waals surface area contributed by atoms with E-state index in [2.05, 4.69) is 11.0 Å². The molecule has 0 bridgehead atoms. The van der Waals surface area contributed by atoms with Crippen LogP contribution in [0.1, 0.15) is 35.6 Å². The standard InChI is InChI=1S/C23H27FN2O2/c1-25(2)19-13-17(14-19)22(27)23(28)26-12-11-15-5-3-4-6-20(15)21(26)16-7-9-18(24)10-8-16/h3-10,17,19,21-22,27H,11-14H2,1-2H3/t17?,19?,21-,22-/m0/s1. The normalized spacial score (nSPS) is 25.2. The summed E-state index contributed by atoms with van der Waals surface area (Å²) < 4.78 is 13.5. The molecule has 1 amide bonds. The Kier molecular flexibility index (Phi) is 5.21. The van der Waals surface area contributed by atoms with E-state index in [1.165, 1.54) is 17.7 Å². The highest BCUT2D eigenvalue weighted by molar-refractivity contribution is 5.82. The number of aliphatic hydroxyl groups is 1. The van der Waals surface area contributed by atoms with Gasteiger partial charge in [0.15, 0.2) is 0 Å². The second-order valence-electron chi connectivity index (χ2n) is 8.23. The molecule has 0 spiro atoms. The smallest absolute Gasteiger partial charge is 0.252 e. The fraction of sp³-hybridized carbons (Fsp3) is 0.435. The first kappa shape index (κ1) is 19.1. The fourth-order valence-electron chi connectivity index (χ4n) is 4.49. The van der Waals surface area contributed by atoms with Gasteiger partial charge in [0.25, 0.3) is 5.91 Å². The molecule has 2 aliphatic rings. The van der Waals surface area contributed by atoms with Crippen molar-refractivity contribution in [1.29, 1.82) is 0 Å². The van der Waals surface area contributed by atoms with Crippen LogP contribution in [0.5, 0.6) is 0 Å². The van der Waals surface area contributed by atoms with E-state index in [0.29, 0.717) is 12.6 Å². The first-order chi connectivity index (χ1) is 13.5. The van der Waals surface area contributed by atoms with Crippen molar-refractivity contribution in [2.45, 2.75) is 37.5 Å². The predicted octanol–water partition coefficient (Wildman–Crippen LogP) is 3.00. The number of aliphatic hydroxyl groups excluding tert-OH is 1. The SMILES string of the molecule is CN(C)C1CC([C@H](O)C(=O)N2CCc3ccccc3[C@@H]2c2ccc(F)cc2)C1. The second-order valence-corrected chi connectivity index (χ2v) is 8.23. The summed E-state index contributed by atoms with van der Waals surface area (Å²) in [4.78, 5) is 17.2. The molecule has 1 aliphatic heterocycles. The molecule has 148 valence electrons. The van der Waals surface area contributed by atoms with E-state index in [0.717, 1.165) is 30.4 Å². The van der Waals surface area contributed by atoms with Gasteiger partial charge in [-0.25, -0.2) is 4.39 Å². The molecule has 4 rings (SSSR count). The van der Waals surface area contributed by atoms with Crippen molar-refractivity contribution in [3.8, 4) is 0 Å². The van der Waals surface area contributed by atoms with E-state index in [4.69, 9.17) is 0 Å². The van der Waals surface area contributed by atoms with Crippen LogP contribution in [0.25, 0.3) is 0 Å². The third-order valence-corrected chi connectivity index (χ3v) is 6.33. The van der Waals surface area contributed by atoms with E-state index < -0.39 is 6.10 Å². The average molecular weight is 382 g/mol. The molecular weight excluding hydrogens is 355 g/mol. The Morgan fingerprint density at radius 2 is 1.82 bits per heavy atom. The highest BCUT2D eigenvalue weighted by atomic mass is 19.1. The number of nitrogens with zero attached hydrogens (tertiary/aromatic N) is 2. The topological polar surface area (TPSA) is 43.8 Å². The summed E-state index contributed by atoms with van der Waals surface area (Å²) in [6, 6.07) is 14.5.